The standard InChI is InChI=1S/C35H38N4O6/c1-10-23-22(7)34(41)39-30(23)16-28-21(6)26(14-18(3)45-44-9)32(37-28)17-31-25(12-13-33(40)43-8)20(5)27(36-31)15-29-19(4)24(11-2)35(42)38-29/h10-11,15-17,36-37H,1-3,12-14H2,4-9H3,(H,39,41)/b27-15?,30-16-,31-17?. The molecule has 0 saturated heterocycles. The molecule has 234 valence electrons. The maximum Gasteiger partial charge on any atom is 0.305 e. The summed E-state index contributed by atoms with van der Waals surface area (Å²) < 4.78 is 4.91. The Morgan fingerprint density at radius 2 is 1.58 bits per heavy atom. The minimum atomic E-state index is -0.328. The lowest BCUT2D eigenvalue weighted by Crippen LogP contribution is -2.15. The van der Waals surface area contributed by atoms with Gasteiger partial charge in [-0.15, -0.1) is 0 Å². The molecule has 2 amide bonds. The third-order valence-electron chi connectivity index (χ3n) is 8.07. The van der Waals surface area contributed by atoms with Gasteiger partial charge in [0.25, 0.3) is 11.8 Å². The number of rotatable bonds is 12. The Morgan fingerprint density at radius 1 is 0.867 bits per heavy atom. The average Bonchev–Trinajstić information content (AvgIpc) is 3.65. The van der Waals surface area contributed by atoms with Crippen molar-refractivity contribution < 1.29 is 28.9 Å². The van der Waals surface area contributed by atoms with Gasteiger partial charge in [0, 0.05) is 51.6 Å². The molecule has 0 aliphatic carbocycles. The highest BCUT2D eigenvalue weighted by molar-refractivity contribution is 6.31. The summed E-state index contributed by atoms with van der Waals surface area (Å²) in [5.41, 5.74) is 8.88. The molecule has 0 spiro atoms. The summed E-state index contributed by atoms with van der Waals surface area (Å²) in [6.07, 6.45) is 9.77. The summed E-state index contributed by atoms with van der Waals surface area (Å²) in [5, 5.41) is 4.42. The molecule has 2 aromatic rings. The van der Waals surface area contributed by atoms with Crippen LogP contribution in [0.3, 0.4) is 0 Å². The van der Waals surface area contributed by atoms with Crippen molar-refractivity contribution in [2.45, 2.75) is 47.0 Å². The Labute approximate surface area is 261 Å². The van der Waals surface area contributed by atoms with Gasteiger partial charge in [0.05, 0.1) is 25.6 Å². The number of aliphatic imine (C=N–C) groups is 1. The second-order valence-electron chi connectivity index (χ2n) is 10.7. The van der Waals surface area contributed by atoms with Gasteiger partial charge in [0.2, 0.25) is 0 Å². The highest BCUT2D eigenvalue weighted by Crippen LogP contribution is 2.28. The first-order chi connectivity index (χ1) is 21.4. The van der Waals surface area contributed by atoms with Crippen molar-refractivity contribution in [3.63, 3.8) is 0 Å². The first-order valence-corrected chi connectivity index (χ1v) is 14.3. The summed E-state index contributed by atoms with van der Waals surface area (Å²) in [6.45, 7) is 19.1. The minimum Gasteiger partial charge on any atom is -0.469 e. The quantitative estimate of drug-likeness (QED) is 0.145. The molecular weight excluding hydrogens is 572 g/mol. The van der Waals surface area contributed by atoms with Gasteiger partial charge in [0.1, 0.15) is 5.76 Å². The van der Waals surface area contributed by atoms with E-state index in [1.165, 1.54) is 20.3 Å². The number of esters is 1. The second kappa shape index (κ2) is 13.6. The van der Waals surface area contributed by atoms with Crippen LogP contribution >= 0.6 is 0 Å². The number of allylic oxidation sites excluding steroid dienone is 3. The van der Waals surface area contributed by atoms with Crippen molar-refractivity contribution in [2.75, 3.05) is 14.2 Å². The maximum absolute atomic E-state index is 12.4. The summed E-state index contributed by atoms with van der Waals surface area (Å²) in [4.78, 5) is 58.1. The topological polar surface area (TPSA) is 135 Å². The van der Waals surface area contributed by atoms with E-state index in [-0.39, 0.29) is 24.2 Å². The van der Waals surface area contributed by atoms with Crippen molar-refractivity contribution >= 4 is 41.7 Å². The van der Waals surface area contributed by atoms with Gasteiger partial charge in [-0.3, -0.25) is 14.4 Å². The van der Waals surface area contributed by atoms with E-state index in [0.29, 0.717) is 41.2 Å². The molecule has 3 N–H and O–H groups in total. The number of hydrogen-bond donors (Lipinski definition) is 3. The number of aromatic amines is 2. The lowest BCUT2D eigenvalue weighted by Gasteiger charge is -2.06. The average molecular weight is 611 g/mol. The van der Waals surface area contributed by atoms with Crippen LogP contribution in [-0.2, 0) is 41.7 Å². The third kappa shape index (κ3) is 6.66. The van der Waals surface area contributed by atoms with Crippen LogP contribution in [0.15, 0.2) is 70.6 Å². The fourth-order valence-corrected chi connectivity index (χ4v) is 5.46. The number of aromatic nitrogens is 2. The molecule has 2 aliphatic heterocycles. The van der Waals surface area contributed by atoms with Gasteiger partial charge >= 0.3 is 5.97 Å². The van der Waals surface area contributed by atoms with Crippen molar-refractivity contribution in [1.29, 1.82) is 0 Å². The predicted molar refractivity (Wildman–Crippen MR) is 174 cm³/mol. The molecule has 4 heterocycles. The monoisotopic (exact) mass is 610 g/mol. The number of H-pyrrole nitrogens is 2. The Hall–Kier alpha value is -5.22. The molecule has 0 bridgehead atoms. The number of carbonyl (C=O) groups excluding carboxylic acids is 3. The van der Waals surface area contributed by atoms with Crippen molar-refractivity contribution in [3.8, 4) is 0 Å². The van der Waals surface area contributed by atoms with E-state index >= 15 is 0 Å². The van der Waals surface area contributed by atoms with E-state index in [0.717, 1.165) is 55.5 Å². The summed E-state index contributed by atoms with van der Waals surface area (Å²) in [6, 6.07) is 0. The number of carbonyl (C=O) groups is 3. The number of ether oxygens (including phenoxy) is 1. The second-order valence-corrected chi connectivity index (χ2v) is 10.7. The van der Waals surface area contributed by atoms with Gasteiger partial charge < -0.3 is 24.9 Å². The summed E-state index contributed by atoms with van der Waals surface area (Å²) in [7, 11) is 2.77. The molecule has 0 atom stereocenters. The number of nitrogens with zero attached hydrogens (tertiary/aromatic N) is 1. The van der Waals surface area contributed by atoms with Crippen LogP contribution in [0.5, 0.6) is 0 Å². The molecule has 0 radical (unpaired) electrons. The van der Waals surface area contributed by atoms with E-state index in [4.69, 9.17) is 14.5 Å². The fourth-order valence-electron chi connectivity index (χ4n) is 5.46. The lowest BCUT2D eigenvalue weighted by molar-refractivity contribution is -0.238. The molecule has 10 heteroatoms. The van der Waals surface area contributed by atoms with Gasteiger partial charge in [-0.25, -0.2) is 4.99 Å². The minimum absolute atomic E-state index is 0.172. The zero-order valence-electron chi connectivity index (χ0n) is 26.5. The van der Waals surface area contributed by atoms with Crippen LogP contribution in [0.2, 0.25) is 0 Å². The highest BCUT2D eigenvalue weighted by atomic mass is 17.2. The van der Waals surface area contributed by atoms with Gasteiger partial charge in [-0.1, -0.05) is 31.9 Å². The summed E-state index contributed by atoms with van der Waals surface area (Å²) in [5.74, 6) is -0.429. The van der Waals surface area contributed by atoms with Crippen molar-refractivity contribution in [1.82, 2.24) is 15.3 Å². The number of amides is 2. The number of methoxy groups -OCH3 is 1. The highest BCUT2D eigenvalue weighted by Gasteiger charge is 2.24. The van der Waals surface area contributed by atoms with E-state index < -0.39 is 0 Å². The molecule has 0 unspecified atom stereocenters. The van der Waals surface area contributed by atoms with Gasteiger partial charge in [-0.05, 0) is 80.2 Å². The van der Waals surface area contributed by atoms with Crippen LogP contribution in [-0.4, -0.2) is 47.7 Å². The molecule has 4 rings (SSSR count). The molecule has 0 saturated carbocycles. The SMILES string of the molecule is C=CC1=C(C)C(C=c2[nH]c(=Cc3[nH]c(/C=C4\NC(=O)C(C)=C4C=C)c(C)c3CC(=C)OOC)c(CCC(=O)OC)c2C)=NC1=O. The Bertz CT molecular complexity index is 1890. The molecule has 0 fully saturated rings. The van der Waals surface area contributed by atoms with Crippen molar-refractivity contribution in [3.05, 3.63) is 110 Å². The van der Waals surface area contributed by atoms with Crippen molar-refractivity contribution in [2.24, 2.45) is 4.99 Å². The first-order valence-electron chi connectivity index (χ1n) is 14.3. The maximum atomic E-state index is 12.4. The zero-order chi connectivity index (χ0) is 33.0. The zero-order valence-corrected chi connectivity index (χ0v) is 26.5. The fraction of sp³-hybridized carbons (Fsp3) is 0.257. The third-order valence-corrected chi connectivity index (χ3v) is 8.07. The van der Waals surface area contributed by atoms with E-state index in [1.54, 1.807) is 13.0 Å². The summed E-state index contributed by atoms with van der Waals surface area (Å²) >= 11 is 0. The van der Waals surface area contributed by atoms with Crippen LogP contribution in [0, 0.1) is 13.8 Å². The smallest absolute Gasteiger partial charge is 0.305 e. The Kier molecular flexibility index (Phi) is 9.88. The first kappa shape index (κ1) is 32.7. The normalized spacial score (nSPS) is 16.6. The van der Waals surface area contributed by atoms with Crippen LogP contribution in [0.25, 0.3) is 18.2 Å². The molecule has 45 heavy (non-hydrogen) atoms. The Balaban J connectivity index is 1.93. The molecule has 2 aromatic heterocycles. The Morgan fingerprint density at radius 3 is 2.20 bits per heavy atom. The van der Waals surface area contributed by atoms with Crippen LogP contribution in [0.4, 0.5) is 0 Å². The van der Waals surface area contributed by atoms with E-state index in [1.807, 2.05) is 39.0 Å². The lowest BCUT2D eigenvalue weighted by atomic mass is 10.0. The number of nitrogens with one attached hydrogen (secondary N) is 3. The molecule has 0 aromatic carbocycles. The predicted octanol–water partition coefficient (Wildman–Crippen LogP) is 3.77. The van der Waals surface area contributed by atoms with E-state index in [9.17, 15) is 14.4 Å². The molecule has 2 aliphatic rings. The molecular formula is C35H38N4O6. The van der Waals surface area contributed by atoms with E-state index in [2.05, 4.69) is 40.0 Å². The van der Waals surface area contributed by atoms with Gasteiger partial charge in [-0.2, -0.15) is 4.89 Å². The van der Waals surface area contributed by atoms with Crippen LogP contribution < -0.4 is 16.0 Å². The molecule has 10 nitrogen and oxygen atoms in total. The van der Waals surface area contributed by atoms with Crippen LogP contribution in [0.1, 0.15) is 53.9 Å². The largest absolute Gasteiger partial charge is 0.469 e. The number of hydrogen-bond acceptors (Lipinski definition) is 6. The van der Waals surface area contributed by atoms with Gasteiger partial charge in [0.15, 0.2) is 0 Å².